The van der Waals surface area contributed by atoms with E-state index >= 15 is 0 Å². The summed E-state index contributed by atoms with van der Waals surface area (Å²) in [4.78, 5) is 32.3. The van der Waals surface area contributed by atoms with Gasteiger partial charge in [-0.1, -0.05) is 18.2 Å². The highest BCUT2D eigenvalue weighted by atomic mass is 16.5. The zero-order valence-electron chi connectivity index (χ0n) is 18.0. The highest BCUT2D eigenvalue weighted by Gasteiger charge is 2.34. The predicted octanol–water partition coefficient (Wildman–Crippen LogP) is 2.78. The second kappa shape index (κ2) is 10.3. The molecule has 164 valence electrons. The van der Waals surface area contributed by atoms with Gasteiger partial charge in [0, 0.05) is 32.2 Å². The number of para-hydroxylation sites is 1. The summed E-state index contributed by atoms with van der Waals surface area (Å²) in [5.74, 6) is 1.10. The minimum atomic E-state index is -0.0407. The van der Waals surface area contributed by atoms with Crippen LogP contribution < -0.4 is 4.74 Å². The number of likely N-dealkylation sites (tertiary alicyclic amines) is 3. The van der Waals surface area contributed by atoms with Crippen LogP contribution in [0.15, 0.2) is 30.3 Å². The summed E-state index contributed by atoms with van der Waals surface area (Å²) < 4.78 is 5.66. The largest absolute Gasteiger partial charge is 0.493 e. The SMILES string of the molecule is O=C(CCOc1ccccc1)N1CCCC(C(=O)N2CCC(N3CCCC3)CC2)C1. The molecule has 30 heavy (non-hydrogen) atoms. The van der Waals surface area contributed by atoms with Crippen molar-refractivity contribution in [3.63, 3.8) is 0 Å². The molecular formula is C24H35N3O3. The van der Waals surface area contributed by atoms with E-state index < -0.39 is 0 Å². The van der Waals surface area contributed by atoms with Gasteiger partial charge in [-0.25, -0.2) is 0 Å². The molecule has 1 aromatic carbocycles. The molecule has 0 aliphatic carbocycles. The third-order valence-corrected chi connectivity index (χ3v) is 6.88. The molecule has 3 aliphatic rings. The minimum absolute atomic E-state index is 0.0407. The van der Waals surface area contributed by atoms with Gasteiger partial charge in [0.2, 0.25) is 11.8 Å². The number of piperidine rings is 2. The summed E-state index contributed by atoms with van der Waals surface area (Å²) >= 11 is 0. The molecule has 1 aromatic rings. The molecular weight excluding hydrogens is 378 g/mol. The van der Waals surface area contributed by atoms with E-state index in [1.807, 2.05) is 35.2 Å². The number of nitrogens with zero attached hydrogens (tertiary/aromatic N) is 3. The molecule has 0 N–H and O–H groups in total. The van der Waals surface area contributed by atoms with Crippen molar-refractivity contribution < 1.29 is 14.3 Å². The van der Waals surface area contributed by atoms with Gasteiger partial charge < -0.3 is 19.4 Å². The van der Waals surface area contributed by atoms with Gasteiger partial charge in [0.25, 0.3) is 0 Å². The Kier molecular flexibility index (Phi) is 7.26. The van der Waals surface area contributed by atoms with Gasteiger partial charge >= 0.3 is 0 Å². The van der Waals surface area contributed by atoms with Crippen LogP contribution in [0, 0.1) is 5.92 Å². The van der Waals surface area contributed by atoms with Crippen LogP contribution >= 0.6 is 0 Å². The number of ether oxygens (including phenoxy) is 1. The standard InChI is InChI=1S/C24H35N3O3/c28-23(12-18-30-22-8-2-1-3-9-22)27-15-6-7-20(19-27)24(29)26-16-10-21(11-17-26)25-13-4-5-14-25/h1-3,8-9,20-21H,4-7,10-19H2. The van der Waals surface area contributed by atoms with Gasteiger partial charge in [0.1, 0.15) is 5.75 Å². The Bertz CT molecular complexity index is 697. The van der Waals surface area contributed by atoms with Crippen LogP contribution in [0.25, 0.3) is 0 Å². The molecule has 4 rings (SSSR count). The summed E-state index contributed by atoms with van der Waals surface area (Å²) in [5.41, 5.74) is 0. The first kappa shape index (κ1) is 21.2. The molecule has 0 bridgehead atoms. The first-order valence-corrected chi connectivity index (χ1v) is 11.7. The molecule has 1 atom stereocenters. The molecule has 0 spiro atoms. The third kappa shape index (κ3) is 5.34. The lowest BCUT2D eigenvalue weighted by Gasteiger charge is -2.40. The Labute approximate surface area is 180 Å². The maximum Gasteiger partial charge on any atom is 0.227 e. The highest BCUT2D eigenvalue weighted by Crippen LogP contribution is 2.25. The quantitative estimate of drug-likeness (QED) is 0.720. The zero-order chi connectivity index (χ0) is 20.8. The average Bonchev–Trinajstić information content (AvgIpc) is 3.34. The van der Waals surface area contributed by atoms with Crippen LogP contribution in [0.4, 0.5) is 0 Å². The Hall–Kier alpha value is -2.08. The minimum Gasteiger partial charge on any atom is -0.493 e. The van der Waals surface area contributed by atoms with Crippen LogP contribution in [0.3, 0.4) is 0 Å². The van der Waals surface area contributed by atoms with E-state index in [-0.39, 0.29) is 17.7 Å². The summed E-state index contributed by atoms with van der Waals surface area (Å²) in [6.45, 7) is 5.89. The summed E-state index contributed by atoms with van der Waals surface area (Å²) in [7, 11) is 0. The van der Waals surface area contributed by atoms with Crippen molar-refractivity contribution in [2.75, 3.05) is 45.9 Å². The van der Waals surface area contributed by atoms with Crippen LogP contribution in [-0.2, 0) is 9.59 Å². The van der Waals surface area contributed by atoms with Gasteiger partial charge in [-0.05, 0) is 63.7 Å². The van der Waals surface area contributed by atoms with Crippen molar-refractivity contribution in [2.24, 2.45) is 5.92 Å². The number of amides is 2. The molecule has 2 amide bonds. The first-order chi connectivity index (χ1) is 14.7. The Morgan fingerprint density at radius 1 is 0.867 bits per heavy atom. The van der Waals surface area contributed by atoms with Crippen molar-refractivity contribution in [1.29, 1.82) is 0 Å². The smallest absolute Gasteiger partial charge is 0.227 e. The summed E-state index contributed by atoms with van der Waals surface area (Å²) in [5, 5.41) is 0. The third-order valence-electron chi connectivity index (χ3n) is 6.88. The van der Waals surface area contributed by atoms with E-state index in [4.69, 9.17) is 4.74 Å². The van der Waals surface area contributed by atoms with E-state index in [2.05, 4.69) is 9.80 Å². The van der Waals surface area contributed by atoms with Crippen LogP contribution in [0.1, 0.15) is 44.9 Å². The summed E-state index contributed by atoms with van der Waals surface area (Å²) in [6, 6.07) is 10.2. The van der Waals surface area contributed by atoms with E-state index in [1.165, 1.54) is 25.9 Å². The van der Waals surface area contributed by atoms with Gasteiger partial charge in [0.15, 0.2) is 0 Å². The molecule has 3 saturated heterocycles. The van der Waals surface area contributed by atoms with Crippen LogP contribution in [0.5, 0.6) is 5.75 Å². The molecule has 0 aromatic heterocycles. The van der Waals surface area contributed by atoms with E-state index in [0.717, 1.165) is 51.1 Å². The Morgan fingerprint density at radius 3 is 2.33 bits per heavy atom. The van der Waals surface area contributed by atoms with Gasteiger partial charge in [0.05, 0.1) is 18.9 Å². The molecule has 0 radical (unpaired) electrons. The Morgan fingerprint density at radius 2 is 1.60 bits per heavy atom. The number of hydrogen-bond acceptors (Lipinski definition) is 4. The lowest BCUT2D eigenvalue weighted by atomic mass is 9.94. The fourth-order valence-corrected chi connectivity index (χ4v) is 5.15. The number of benzene rings is 1. The molecule has 3 fully saturated rings. The first-order valence-electron chi connectivity index (χ1n) is 11.7. The monoisotopic (exact) mass is 413 g/mol. The molecule has 3 aliphatic heterocycles. The second-order valence-electron chi connectivity index (χ2n) is 8.89. The topological polar surface area (TPSA) is 53.1 Å². The molecule has 3 heterocycles. The van der Waals surface area contributed by atoms with Crippen molar-refractivity contribution in [3.8, 4) is 5.75 Å². The maximum atomic E-state index is 13.1. The van der Waals surface area contributed by atoms with Gasteiger partial charge in [-0.2, -0.15) is 0 Å². The van der Waals surface area contributed by atoms with Crippen LogP contribution in [0.2, 0.25) is 0 Å². The van der Waals surface area contributed by atoms with E-state index in [1.54, 1.807) is 0 Å². The van der Waals surface area contributed by atoms with Crippen molar-refractivity contribution in [3.05, 3.63) is 30.3 Å². The predicted molar refractivity (Wildman–Crippen MR) is 116 cm³/mol. The lowest BCUT2D eigenvalue weighted by Crippen LogP contribution is -2.51. The van der Waals surface area contributed by atoms with E-state index in [9.17, 15) is 9.59 Å². The maximum absolute atomic E-state index is 13.1. The average molecular weight is 414 g/mol. The molecule has 0 saturated carbocycles. The fraction of sp³-hybridized carbons (Fsp3) is 0.667. The normalized spacial score (nSPS) is 23.5. The highest BCUT2D eigenvalue weighted by molar-refractivity contribution is 5.81. The van der Waals surface area contributed by atoms with Crippen molar-refractivity contribution in [1.82, 2.24) is 14.7 Å². The summed E-state index contributed by atoms with van der Waals surface area (Å²) in [6.07, 6.45) is 7.00. The molecule has 6 heteroatoms. The fourth-order valence-electron chi connectivity index (χ4n) is 5.15. The number of rotatable bonds is 6. The Balaban J connectivity index is 1.21. The number of carbonyl (C=O) groups excluding carboxylic acids is 2. The molecule has 1 unspecified atom stereocenters. The number of carbonyl (C=O) groups is 2. The zero-order valence-corrected chi connectivity index (χ0v) is 18.0. The van der Waals surface area contributed by atoms with Gasteiger partial charge in [-0.15, -0.1) is 0 Å². The van der Waals surface area contributed by atoms with Crippen molar-refractivity contribution in [2.45, 2.75) is 51.0 Å². The number of hydrogen-bond donors (Lipinski definition) is 0. The molecule has 6 nitrogen and oxygen atoms in total. The van der Waals surface area contributed by atoms with Crippen LogP contribution in [-0.4, -0.2) is 78.4 Å². The van der Waals surface area contributed by atoms with E-state index in [0.29, 0.717) is 25.6 Å². The second-order valence-corrected chi connectivity index (χ2v) is 8.89. The lowest BCUT2D eigenvalue weighted by molar-refractivity contribution is -0.142. The van der Waals surface area contributed by atoms with Gasteiger partial charge in [-0.3, -0.25) is 9.59 Å². The van der Waals surface area contributed by atoms with Crippen molar-refractivity contribution >= 4 is 11.8 Å².